The van der Waals surface area contributed by atoms with Gasteiger partial charge in [-0.3, -0.25) is 10.1 Å². The van der Waals surface area contributed by atoms with Crippen molar-refractivity contribution in [1.82, 2.24) is 0 Å². The quantitative estimate of drug-likeness (QED) is 0.341. The van der Waals surface area contributed by atoms with Crippen LogP contribution in [0.3, 0.4) is 0 Å². The number of carbonyl (C=O) groups is 1. The molecule has 29 heavy (non-hydrogen) atoms. The van der Waals surface area contributed by atoms with Crippen LogP contribution in [0.25, 0.3) is 0 Å². The van der Waals surface area contributed by atoms with Gasteiger partial charge in [0.15, 0.2) is 0 Å². The molecule has 0 amide bonds. The zero-order valence-electron chi connectivity index (χ0n) is 15.8. The van der Waals surface area contributed by atoms with E-state index in [1.54, 1.807) is 0 Å². The average molecular weight is 417 g/mol. The van der Waals surface area contributed by atoms with Crippen LogP contribution in [0.5, 0.6) is 0 Å². The van der Waals surface area contributed by atoms with Gasteiger partial charge in [-0.05, 0) is 25.5 Å². The maximum Gasteiger partial charge on any atom is 0.417 e. The van der Waals surface area contributed by atoms with Crippen molar-refractivity contribution in [2.75, 3.05) is 7.11 Å². The summed E-state index contributed by atoms with van der Waals surface area (Å²) in [6.45, 7) is 3.64. The molecule has 10 heteroatoms. The van der Waals surface area contributed by atoms with Crippen molar-refractivity contribution in [3.8, 4) is 0 Å². The minimum Gasteiger partial charge on any atom is -0.465 e. The molecule has 0 aliphatic heterocycles. The van der Waals surface area contributed by atoms with Gasteiger partial charge in [-0.25, -0.2) is 4.79 Å². The molecular formula is C19H19F4NO5. The Morgan fingerprint density at radius 2 is 1.72 bits per heavy atom. The minimum atomic E-state index is -5.03. The summed E-state index contributed by atoms with van der Waals surface area (Å²) in [4.78, 5) is 20.2. The van der Waals surface area contributed by atoms with Gasteiger partial charge in [0, 0.05) is 12.5 Å². The second-order valence-electron chi connectivity index (χ2n) is 6.57. The lowest BCUT2D eigenvalue weighted by molar-refractivity contribution is -0.387. The number of hydrogen-bond donors (Lipinski definition) is 1. The summed E-state index contributed by atoms with van der Waals surface area (Å²) >= 11 is 0. The first-order valence-corrected chi connectivity index (χ1v) is 8.16. The number of benzene rings is 2. The molecule has 0 radical (unpaired) electrons. The summed E-state index contributed by atoms with van der Waals surface area (Å²) in [5.74, 6) is -3.12. The highest BCUT2D eigenvalue weighted by molar-refractivity contribution is 5.92. The normalized spacial score (nSPS) is 11.3. The van der Waals surface area contributed by atoms with E-state index in [-0.39, 0.29) is 12.1 Å². The van der Waals surface area contributed by atoms with Gasteiger partial charge < -0.3 is 9.84 Å². The molecule has 2 rings (SSSR count). The smallest absolute Gasteiger partial charge is 0.417 e. The molecule has 0 heterocycles. The summed E-state index contributed by atoms with van der Waals surface area (Å²) in [5, 5.41) is 19.8. The first kappa shape index (κ1) is 24.0. The number of nitrogens with zero attached hydrogens (tertiary/aromatic N) is 1. The van der Waals surface area contributed by atoms with Gasteiger partial charge in [-0.1, -0.05) is 30.3 Å². The van der Waals surface area contributed by atoms with Crippen molar-refractivity contribution in [3.63, 3.8) is 0 Å². The Bertz CT molecular complexity index is 861. The van der Waals surface area contributed by atoms with Gasteiger partial charge in [0.1, 0.15) is 0 Å². The molecule has 0 aliphatic carbocycles. The van der Waals surface area contributed by atoms with E-state index in [1.165, 1.54) is 5.56 Å². The Morgan fingerprint density at radius 1 is 1.17 bits per heavy atom. The second kappa shape index (κ2) is 9.46. The molecule has 2 aromatic carbocycles. The zero-order chi connectivity index (χ0) is 22.4. The van der Waals surface area contributed by atoms with E-state index >= 15 is 0 Å². The highest BCUT2D eigenvalue weighted by Crippen LogP contribution is 2.35. The summed E-state index contributed by atoms with van der Waals surface area (Å²) in [5.41, 5.74) is -3.39. The number of nitro groups is 1. The largest absolute Gasteiger partial charge is 0.465 e. The van der Waals surface area contributed by atoms with Gasteiger partial charge in [0.2, 0.25) is 5.82 Å². The third kappa shape index (κ3) is 7.49. The molecular weight excluding hydrogens is 398 g/mol. The number of hydrogen-bond acceptors (Lipinski definition) is 5. The maximum atomic E-state index is 13.1. The van der Waals surface area contributed by atoms with Gasteiger partial charge in [-0.15, -0.1) is 0 Å². The van der Waals surface area contributed by atoms with Crippen molar-refractivity contribution in [2.45, 2.75) is 32.0 Å². The SMILES string of the molecule is CC(C)(O)Cc1ccccc1.COC(=O)c1cc([N+](=O)[O-])c(F)cc1C(F)(F)F. The number of esters is 1. The summed E-state index contributed by atoms with van der Waals surface area (Å²) in [6, 6.07) is 10.1. The molecule has 1 N–H and O–H groups in total. The lowest BCUT2D eigenvalue weighted by atomic mass is 9.99. The van der Waals surface area contributed by atoms with Crippen molar-refractivity contribution in [2.24, 2.45) is 0 Å². The summed E-state index contributed by atoms with van der Waals surface area (Å²) in [7, 11) is 0.803. The standard InChI is InChI=1S/C10H14O.C9H5F4NO4/c1-10(2,11)8-9-6-4-3-5-7-9;1-18-8(15)4-2-7(14(16)17)6(10)3-5(4)9(11,12)13/h3-7,11H,8H2,1-2H3;2-3H,1H3. The minimum absolute atomic E-state index is 0.107. The highest BCUT2D eigenvalue weighted by Gasteiger charge is 2.38. The van der Waals surface area contributed by atoms with Crippen LogP contribution < -0.4 is 0 Å². The van der Waals surface area contributed by atoms with Crippen molar-refractivity contribution >= 4 is 11.7 Å². The fourth-order valence-corrected chi connectivity index (χ4v) is 2.31. The Hall–Kier alpha value is -3.01. The zero-order valence-corrected chi connectivity index (χ0v) is 15.8. The van der Waals surface area contributed by atoms with Crippen LogP contribution in [0.4, 0.5) is 23.2 Å². The van der Waals surface area contributed by atoms with Crippen LogP contribution in [0.15, 0.2) is 42.5 Å². The number of methoxy groups -OCH3 is 1. The number of nitro benzene ring substituents is 1. The lowest BCUT2D eigenvalue weighted by Gasteiger charge is -2.16. The van der Waals surface area contributed by atoms with Crippen LogP contribution >= 0.6 is 0 Å². The molecule has 158 valence electrons. The van der Waals surface area contributed by atoms with Crippen LogP contribution in [0.1, 0.15) is 35.3 Å². The molecule has 0 atom stereocenters. The first-order chi connectivity index (χ1) is 13.3. The maximum absolute atomic E-state index is 13.1. The van der Waals surface area contributed by atoms with E-state index in [0.29, 0.717) is 6.42 Å². The van der Waals surface area contributed by atoms with E-state index < -0.39 is 45.3 Å². The van der Waals surface area contributed by atoms with Crippen LogP contribution in [0, 0.1) is 15.9 Å². The van der Waals surface area contributed by atoms with E-state index in [9.17, 15) is 37.6 Å². The third-order valence-electron chi connectivity index (χ3n) is 3.47. The topological polar surface area (TPSA) is 89.7 Å². The Kier molecular flexibility index (Phi) is 7.84. The van der Waals surface area contributed by atoms with Crippen molar-refractivity contribution in [3.05, 3.63) is 75.1 Å². The molecule has 0 unspecified atom stereocenters. The van der Waals surface area contributed by atoms with E-state index in [4.69, 9.17) is 0 Å². The van der Waals surface area contributed by atoms with Gasteiger partial charge in [0.05, 0.1) is 28.8 Å². The molecule has 2 aromatic rings. The van der Waals surface area contributed by atoms with E-state index in [2.05, 4.69) is 4.74 Å². The number of alkyl halides is 3. The predicted octanol–water partition coefficient (Wildman–Crippen LogP) is 4.54. The molecule has 0 aromatic heterocycles. The Morgan fingerprint density at radius 3 is 2.14 bits per heavy atom. The molecule has 6 nitrogen and oxygen atoms in total. The molecule has 0 saturated heterocycles. The van der Waals surface area contributed by atoms with Gasteiger partial charge in [-0.2, -0.15) is 17.6 Å². The molecule has 0 saturated carbocycles. The lowest BCUT2D eigenvalue weighted by Crippen LogP contribution is -2.21. The average Bonchev–Trinajstić information content (AvgIpc) is 2.59. The predicted molar refractivity (Wildman–Crippen MR) is 95.8 cm³/mol. The molecule has 0 bridgehead atoms. The summed E-state index contributed by atoms with van der Waals surface area (Å²) in [6.07, 6.45) is -4.31. The van der Waals surface area contributed by atoms with E-state index in [1.807, 2.05) is 44.2 Å². The number of aliphatic hydroxyl groups is 1. The van der Waals surface area contributed by atoms with Crippen LogP contribution in [-0.2, 0) is 17.3 Å². The molecule has 0 spiro atoms. The fraction of sp³-hybridized carbons (Fsp3) is 0.316. The highest BCUT2D eigenvalue weighted by atomic mass is 19.4. The Balaban J connectivity index is 0.000000326. The number of ether oxygens (including phenoxy) is 1. The van der Waals surface area contributed by atoms with Gasteiger partial charge in [0.25, 0.3) is 0 Å². The van der Waals surface area contributed by atoms with Crippen LogP contribution in [-0.4, -0.2) is 28.7 Å². The number of halogens is 4. The van der Waals surface area contributed by atoms with Gasteiger partial charge >= 0.3 is 17.8 Å². The van der Waals surface area contributed by atoms with Crippen molar-refractivity contribution < 1.29 is 37.1 Å². The number of rotatable bonds is 4. The van der Waals surface area contributed by atoms with Crippen LogP contribution in [0.2, 0.25) is 0 Å². The monoisotopic (exact) mass is 417 g/mol. The molecule has 0 aliphatic rings. The Labute approximate surface area is 163 Å². The molecule has 0 fully saturated rings. The van der Waals surface area contributed by atoms with E-state index in [0.717, 1.165) is 7.11 Å². The number of carbonyl (C=O) groups excluding carboxylic acids is 1. The first-order valence-electron chi connectivity index (χ1n) is 8.16. The third-order valence-corrected chi connectivity index (χ3v) is 3.47. The van der Waals surface area contributed by atoms with Crippen molar-refractivity contribution in [1.29, 1.82) is 0 Å². The second-order valence-corrected chi connectivity index (χ2v) is 6.57. The summed E-state index contributed by atoms with van der Waals surface area (Å²) < 4.78 is 54.7. The fourth-order valence-electron chi connectivity index (χ4n) is 2.31.